The molecular formula is C21H22N2O4. The molecule has 2 amide bonds. The highest BCUT2D eigenvalue weighted by Gasteiger charge is 2.27. The minimum Gasteiger partial charge on any atom is -0.481 e. The molecule has 27 heavy (non-hydrogen) atoms. The predicted octanol–water partition coefficient (Wildman–Crippen LogP) is 3.18. The maximum absolute atomic E-state index is 12.6. The van der Waals surface area contributed by atoms with Gasteiger partial charge in [-0.05, 0) is 56.2 Å². The van der Waals surface area contributed by atoms with Crippen LogP contribution in [0, 0.1) is 12.8 Å². The van der Waals surface area contributed by atoms with E-state index in [1.807, 2.05) is 19.1 Å². The van der Waals surface area contributed by atoms with Crippen LogP contribution >= 0.6 is 0 Å². The number of benzene rings is 2. The van der Waals surface area contributed by atoms with Crippen molar-refractivity contribution >= 4 is 23.5 Å². The minimum atomic E-state index is -0.796. The molecule has 0 saturated carbocycles. The number of piperidine rings is 1. The van der Waals surface area contributed by atoms with Gasteiger partial charge in [0.2, 0.25) is 0 Å². The molecular weight excluding hydrogens is 344 g/mol. The van der Waals surface area contributed by atoms with E-state index in [0.29, 0.717) is 42.7 Å². The van der Waals surface area contributed by atoms with E-state index in [1.54, 1.807) is 41.3 Å². The Morgan fingerprint density at radius 3 is 2.04 bits per heavy atom. The van der Waals surface area contributed by atoms with Crippen LogP contribution in [0.1, 0.15) is 39.1 Å². The molecule has 0 atom stereocenters. The summed E-state index contributed by atoms with van der Waals surface area (Å²) >= 11 is 0. The zero-order chi connectivity index (χ0) is 19.4. The lowest BCUT2D eigenvalue weighted by Gasteiger charge is -2.30. The number of aryl methyl sites for hydroxylation is 1. The van der Waals surface area contributed by atoms with Crippen LogP contribution in [-0.4, -0.2) is 40.9 Å². The van der Waals surface area contributed by atoms with Crippen LogP contribution < -0.4 is 5.32 Å². The number of anilines is 1. The Balaban J connectivity index is 1.60. The second kappa shape index (κ2) is 8.03. The first kappa shape index (κ1) is 18.6. The predicted molar refractivity (Wildman–Crippen MR) is 102 cm³/mol. The molecule has 0 aliphatic carbocycles. The monoisotopic (exact) mass is 366 g/mol. The molecule has 2 aromatic carbocycles. The SMILES string of the molecule is Cc1ccc(C(=O)Nc2ccc(C(=O)N3CCC(C(=O)O)CC3)cc2)cc1. The molecule has 1 fully saturated rings. The van der Waals surface area contributed by atoms with Gasteiger partial charge in [-0.25, -0.2) is 0 Å². The van der Waals surface area contributed by atoms with E-state index in [0.717, 1.165) is 5.56 Å². The number of hydrogen-bond acceptors (Lipinski definition) is 3. The summed E-state index contributed by atoms with van der Waals surface area (Å²) in [4.78, 5) is 37.5. The Bertz CT molecular complexity index is 835. The zero-order valence-corrected chi connectivity index (χ0v) is 15.1. The maximum Gasteiger partial charge on any atom is 0.306 e. The Labute approximate surface area is 157 Å². The van der Waals surface area contributed by atoms with E-state index in [4.69, 9.17) is 5.11 Å². The number of nitrogens with zero attached hydrogens (tertiary/aromatic N) is 1. The number of amides is 2. The van der Waals surface area contributed by atoms with Crippen LogP contribution in [0.5, 0.6) is 0 Å². The van der Waals surface area contributed by atoms with Crippen LogP contribution in [0.3, 0.4) is 0 Å². The third-order valence-corrected chi connectivity index (χ3v) is 4.83. The molecule has 0 unspecified atom stereocenters. The van der Waals surface area contributed by atoms with Crippen molar-refractivity contribution in [3.8, 4) is 0 Å². The van der Waals surface area contributed by atoms with E-state index < -0.39 is 5.97 Å². The number of carboxylic acids is 1. The zero-order valence-electron chi connectivity index (χ0n) is 15.1. The van der Waals surface area contributed by atoms with Crippen molar-refractivity contribution in [3.63, 3.8) is 0 Å². The maximum atomic E-state index is 12.6. The lowest BCUT2D eigenvalue weighted by Crippen LogP contribution is -2.40. The number of aliphatic carboxylic acids is 1. The number of likely N-dealkylation sites (tertiary alicyclic amines) is 1. The third kappa shape index (κ3) is 4.53. The van der Waals surface area contributed by atoms with E-state index in [9.17, 15) is 14.4 Å². The topological polar surface area (TPSA) is 86.7 Å². The molecule has 6 nitrogen and oxygen atoms in total. The fraction of sp³-hybridized carbons (Fsp3) is 0.286. The summed E-state index contributed by atoms with van der Waals surface area (Å²) in [6.07, 6.45) is 0.956. The van der Waals surface area contributed by atoms with Gasteiger partial charge in [0, 0.05) is 29.9 Å². The minimum absolute atomic E-state index is 0.116. The Hall–Kier alpha value is -3.15. The van der Waals surface area contributed by atoms with Crippen molar-refractivity contribution in [1.82, 2.24) is 4.90 Å². The van der Waals surface area contributed by atoms with Crippen LogP contribution in [0.15, 0.2) is 48.5 Å². The summed E-state index contributed by atoms with van der Waals surface area (Å²) in [6.45, 7) is 2.85. The Kier molecular flexibility index (Phi) is 5.54. The lowest BCUT2D eigenvalue weighted by atomic mass is 9.96. The smallest absolute Gasteiger partial charge is 0.306 e. The van der Waals surface area contributed by atoms with Gasteiger partial charge in [-0.15, -0.1) is 0 Å². The Morgan fingerprint density at radius 1 is 0.926 bits per heavy atom. The molecule has 140 valence electrons. The highest BCUT2D eigenvalue weighted by molar-refractivity contribution is 6.04. The molecule has 1 aliphatic heterocycles. The summed E-state index contributed by atoms with van der Waals surface area (Å²) in [5.74, 6) is -1.48. The first-order valence-electron chi connectivity index (χ1n) is 8.94. The van der Waals surface area contributed by atoms with Gasteiger partial charge in [-0.1, -0.05) is 17.7 Å². The van der Waals surface area contributed by atoms with Gasteiger partial charge in [0.15, 0.2) is 0 Å². The van der Waals surface area contributed by atoms with Gasteiger partial charge < -0.3 is 15.3 Å². The van der Waals surface area contributed by atoms with Crippen LogP contribution in [0.4, 0.5) is 5.69 Å². The quantitative estimate of drug-likeness (QED) is 0.870. The molecule has 0 aromatic heterocycles. The normalized spacial score (nSPS) is 14.6. The molecule has 0 radical (unpaired) electrons. The number of carbonyl (C=O) groups is 3. The molecule has 2 N–H and O–H groups in total. The Morgan fingerprint density at radius 2 is 1.48 bits per heavy atom. The second-order valence-electron chi connectivity index (χ2n) is 6.80. The van der Waals surface area contributed by atoms with Crippen molar-refractivity contribution in [2.45, 2.75) is 19.8 Å². The van der Waals surface area contributed by atoms with Gasteiger partial charge in [-0.3, -0.25) is 14.4 Å². The summed E-state index contributed by atoms with van der Waals surface area (Å²) < 4.78 is 0. The first-order valence-corrected chi connectivity index (χ1v) is 8.94. The highest BCUT2D eigenvalue weighted by atomic mass is 16.4. The largest absolute Gasteiger partial charge is 0.481 e. The number of nitrogens with one attached hydrogen (secondary N) is 1. The molecule has 3 rings (SSSR count). The van der Waals surface area contributed by atoms with Gasteiger partial charge in [0.1, 0.15) is 0 Å². The summed E-state index contributed by atoms with van der Waals surface area (Å²) in [7, 11) is 0. The first-order chi connectivity index (χ1) is 12.9. The van der Waals surface area contributed by atoms with Crippen molar-refractivity contribution in [1.29, 1.82) is 0 Å². The molecule has 6 heteroatoms. The standard InChI is InChI=1S/C21H22N2O4/c1-14-2-4-15(5-3-14)19(24)22-18-8-6-16(7-9-18)20(25)23-12-10-17(11-13-23)21(26)27/h2-9,17H,10-13H2,1H3,(H,22,24)(H,26,27). The van der Waals surface area contributed by atoms with E-state index in [-0.39, 0.29) is 17.7 Å². The van der Waals surface area contributed by atoms with E-state index in [2.05, 4.69) is 5.32 Å². The fourth-order valence-electron chi connectivity index (χ4n) is 3.12. The van der Waals surface area contributed by atoms with Gasteiger partial charge in [0.05, 0.1) is 5.92 Å². The molecule has 2 aromatic rings. The van der Waals surface area contributed by atoms with Gasteiger partial charge in [-0.2, -0.15) is 0 Å². The molecule has 0 bridgehead atoms. The van der Waals surface area contributed by atoms with Crippen LogP contribution in [-0.2, 0) is 4.79 Å². The van der Waals surface area contributed by atoms with Gasteiger partial charge in [0.25, 0.3) is 11.8 Å². The third-order valence-electron chi connectivity index (χ3n) is 4.83. The van der Waals surface area contributed by atoms with Crippen molar-refractivity contribution in [2.75, 3.05) is 18.4 Å². The van der Waals surface area contributed by atoms with Crippen molar-refractivity contribution in [2.24, 2.45) is 5.92 Å². The molecule has 1 aliphatic rings. The summed E-state index contributed by atoms with van der Waals surface area (Å²) in [6, 6.07) is 14.0. The van der Waals surface area contributed by atoms with E-state index in [1.165, 1.54) is 0 Å². The number of carbonyl (C=O) groups excluding carboxylic acids is 2. The van der Waals surface area contributed by atoms with Crippen LogP contribution in [0.2, 0.25) is 0 Å². The summed E-state index contributed by atoms with van der Waals surface area (Å²) in [5.41, 5.74) is 2.79. The average Bonchev–Trinajstić information content (AvgIpc) is 2.68. The van der Waals surface area contributed by atoms with E-state index >= 15 is 0 Å². The average molecular weight is 366 g/mol. The fourth-order valence-corrected chi connectivity index (χ4v) is 3.12. The second-order valence-corrected chi connectivity index (χ2v) is 6.80. The van der Waals surface area contributed by atoms with Crippen molar-refractivity contribution < 1.29 is 19.5 Å². The number of hydrogen-bond donors (Lipinski definition) is 2. The number of rotatable bonds is 4. The highest BCUT2D eigenvalue weighted by Crippen LogP contribution is 2.20. The molecule has 1 saturated heterocycles. The van der Waals surface area contributed by atoms with Crippen molar-refractivity contribution in [3.05, 3.63) is 65.2 Å². The lowest BCUT2D eigenvalue weighted by molar-refractivity contribution is -0.143. The van der Waals surface area contributed by atoms with Gasteiger partial charge >= 0.3 is 5.97 Å². The molecule has 0 spiro atoms. The number of carboxylic acid groups (broad SMARTS) is 1. The summed E-state index contributed by atoms with van der Waals surface area (Å²) in [5, 5.41) is 11.9. The van der Waals surface area contributed by atoms with Crippen LogP contribution in [0.25, 0.3) is 0 Å². The molecule has 1 heterocycles.